The number of hydrogen-bond donors (Lipinski definition) is 1. The average molecular weight is 259 g/mol. The largest absolute Gasteiger partial charge is 0.478 e. The third-order valence-corrected chi connectivity index (χ3v) is 4.61. The number of aromatic carboxylic acids is 1. The second-order valence-corrected chi connectivity index (χ2v) is 5.76. The molecule has 2 aliphatic rings. The van der Waals surface area contributed by atoms with E-state index in [1.165, 1.54) is 50.6 Å². The van der Waals surface area contributed by atoms with Crippen molar-refractivity contribution in [1.82, 2.24) is 4.90 Å². The summed E-state index contributed by atoms with van der Waals surface area (Å²) in [5.41, 5.74) is 1.60. The predicted octanol–water partition coefficient (Wildman–Crippen LogP) is 3.46. The topological polar surface area (TPSA) is 40.5 Å². The number of nitrogens with zero attached hydrogens (tertiary/aromatic N) is 1. The maximum Gasteiger partial charge on any atom is 0.335 e. The summed E-state index contributed by atoms with van der Waals surface area (Å²) in [5, 5.41) is 9.12. The third-order valence-electron chi connectivity index (χ3n) is 4.61. The van der Waals surface area contributed by atoms with Gasteiger partial charge >= 0.3 is 5.97 Å². The van der Waals surface area contributed by atoms with Crippen LogP contribution in [0.15, 0.2) is 24.3 Å². The van der Waals surface area contributed by atoms with Gasteiger partial charge in [0.1, 0.15) is 0 Å². The highest BCUT2D eigenvalue weighted by Gasteiger charge is 2.33. The highest BCUT2D eigenvalue weighted by Crippen LogP contribution is 2.38. The van der Waals surface area contributed by atoms with E-state index in [1.54, 1.807) is 6.07 Å². The van der Waals surface area contributed by atoms with Gasteiger partial charge in [-0.05, 0) is 49.9 Å². The molecule has 102 valence electrons. The van der Waals surface area contributed by atoms with Crippen LogP contribution in [0.3, 0.4) is 0 Å². The zero-order valence-corrected chi connectivity index (χ0v) is 11.2. The van der Waals surface area contributed by atoms with Crippen molar-refractivity contribution in [3.63, 3.8) is 0 Å². The van der Waals surface area contributed by atoms with Crippen LogP contribution in [0.1, 0.15) is 60.5 Å². The van der Waals surface area contributed by atoms with E-state index < -0.39 is 5.97 Å². The van der Waals surface area contributed by atoms with Crippen LogP contribution in [-0.2, 0) is 0 Å². The summed E-state index contributed by atoms with van der Waals surface area (Å²) in [7, 11) is 0. The Balaban J connectivity index is 1.83. The van der Waals surface area contributed by atoms with Gasteiger partial charge in [0.25, 0.3) is 0 Å². The van der Waals surface area contributed by atoms with E-state index >= 15 is 0 Å². The molecule has 3 rings (SSSR count). The van der Waals surface area contributed by atoms with E-state index in [0.29, 0.717) is 11.6 Å². The number of likely N-dealkylation sites (tertiary alicyclic amines) is 1. The number of carboxylic acid groups (broad SMARTS) is 1. The fourth-order valence-electron chi connectivity index (χ4n) is 3.70. The van der Waals surface area contributed by atoms with Crippen molar-refractivity contribution in [1.29, 1.82) is 0 Å². The lowest BCUT2D eigenvalue weighted by Gasteiger charge is -2.30. The zero-order valence-electron chi connectivity index (χ0n) is 11.2. The minimum Gasteiger partial charge on any atom is -0.478 e. The molecule has 0 aromatic heterocycles. The Morgan fingerprint density at radius 2 is 1.95 bits per heavy atom. The third kappa shape index (κ3) is 2.52. The molecule has 0 spiro atoms. The SMILES string of the molecule is O=C(O)c1cccc(C2CCCN2C2CCCC2)c1. The van der Waals surface area contributed by atoms with Crippen molar-refractivity contribution >= 4 is 5.97 Å². The molecular formula is C16H21NO2. The van der Waals surface area contributed by atoms with Crippen molar-refractivity contribution in [2.24, 2.45) is 0 Å². The minimum atomic E-state index is -0.827. The van der Waals surface area contributed by atoms with Gasteiger partial charge < -0.3 is 5.11 Å². The molecule has 0 radical (unpaired) electrons. The number of rotatable bonds is 3. The average Bonchev–Trinajstić information content (AvgIpc) is 3.09. The van der Waals surface area contributed by atoms with Crippen LogP contribution >= 0.6 is 0 Å². The van der Waals surface area contributed by atoms with Gasteiger partial charge in [-0.1, -0.05) is 25.0 Å². The molecule has 1 saturated carbocycles. The fourth-order valence-corrected chi connectivity index (χ4v) is 3.70. The Morgan fingerprint density at radius 1 is 1.16 bits per heavy atom. The second kappa shape index (κ2) is 5.33. The lowest BCUT2D eigenvalue weighted by molar-refractivity contribution is 0.0696. The van der Waals surface area contributed by atoms with Crippen LogP contribution < -0.4 is 0 Å². The molecule has 3 nitrogen and oxygen atoms in total. The van der Waals surface area contributed by atoms with Gasteiger partial charge in [-0.15, -0.1) is 0 Å². The smallest absolute Gasteiger partial charge is 0.335 e. The summed E-state index contributed by atoms with van der Waals surface area (Å²) in [6, 6.07) is 8.67. The summed E-state index contributed by atoms with van der Waals surface area (Å²) in [6.07, 6.45) is 7.73. The molecule has 1 aliphatic heterocycles. The molecule has 1 saturated heterocycles. The van der Waals surface area contributed by atoms with Gasteiger partial charge in [0.15, 0.2) is 0 Å². The minimum absolute atomic E-state index is 0.413. The molecule has 0 bridgehead atoms. The van der Waals surface area contributed by atoms with E-state index in [2.05, 4.69) is 11.0 Å². The summed E-state index contributed by atoms with van der Waals surface area (Å²) >= 11 is 0. The van der Waals surface area contributed by atoms with E-state index in [0.717, 1.165) is 6.04 Å². The van der Waals surface area contributed by atoms with Crippen molar-refractivity contribution in [2.75, 3.05) is 6.54 Å². The number of benzene rings is 1. The first-order chi connectivity index (χ1) is 9.25. The van der Waals surface area contributed by atoms with Crippen molar-refractivity contribution in [3.05, 3.63) is 35.4 Å². The first kappa shape index (κ1) is 12.7. The normalized spacial score (nSPS) is 24.9. The highest BCUT2D eigenvalue weighted by molar-refractivity contribution is 5.87. The van der Waals surface area contributed by atoms with Gasteiger partial charge in [-0.25, -0.2) is 4.79 Å². The molecule has 19 heavy (non-hydrogen) atoms. The van der Waals surface area contributed by atoms with Crippen LogP contribution in [0.25, 0.3) is 0 Å². The molecular weight excluding hydrogens is 238 g/mol. The molecule has 3 heteroatoms. The molecule has 1 atom stereocenters. The standard InChI is InChI=1S/C16H21NO2/c18-16(19)13-6-3-5-12(11-13)15-9-4-10-17(15)14-7-1-2-8-14/h3,5-6,11,14-15H,1-2,4,7-10H2,(H,18,19). The van der Waals surface area contributed by atoms with Crippen molar-refractivity contribution in [2.45, 2.75) is 50.6 Å². The number of carboxylic acids is 1. The van der Waals surface area contributed by atoms with Gasteiger partial charge in [-0.2, -0.15) is 0 Å². The molecule has 1 heterocycles. The van der Waals surface area contributed by atoms with Crippen LogP contribution in [0.4, 0.5) is 0 Å². The van der Waals surface area contributed by atoms with Crippen molar-refractivity contribution in [3.8, 4) is 0 Å². The van der Waals surface area contributed by atoms with Gasteiger partial charge in [0.05, 0.1) is 5.56 Å². The monoisotopic (exact) mass is 259 g/mol. The maximum absolute atomic E-state index is 11.1. The van der Waals surface area contributed by atoms with Crippen LogP contribution in [-0.4, -0.2) is 28.6 Å². The summed E-state index contributed by atoms with van der Waals surface area (Å²) in [6.45, 7) is 1.17. The van der Waals surface area contributed by atoms with Crippen molar-refractivity contribution < 1.29 is 9.90 Å². The highest BCUT2D eigenvalue weighted by atomic mass is 16.4. The lowest BCUT2D eigenvalue weighted by Crippen LogP contribution is -2.32. The molecule has 1 aliphatic carbocycles. The molecule has 0 amide bonds. The second-order valence-electron chi connectivity index (χ2n) is 5.76. The number of hydrogen-bond acceptors (Lipinski definition) is 2. The summed E-state index contributed by atoms with van der Waals surface area (Å²) in [5.74, 6) is -0.827. The van der Waals surface area contributed by atoms with Crippen LogP contribution in [0.2, 0.25) is 0 Å². The quantitative estimate of drug-likeness (QED) is 0.903. The Morgan fingerprint density at radius 3 is 2.68 bits per heavy atom. The van der Waals surface area contributed by atoms with Gasteiger partial charge in [0.2, 0.25) is 0 Å². The van der Waals surface area contributed by atoms with E-state index in [1.807, 2.05) is 12.1 Å². The van der Waals surface area contributed by atoms with E-state index in [9.17, 15) is 4.79 Å². The fraction of sp³-hybridized carbons (Fsp3) is 0.562. The summed E-state index contributed by atoms with van der Waals surface area (Å²) < 4.78 is 0. The molecule has 1 N–H and O–H groups in total. The first-order valence-electron chi connectivity index (χ1n) is 7.35. The number of carbonyl (C=O) groups is 1. The van der Waals surface area contributed by atoms with E-state index in [4.69, 9.17) is 5.11 Å². The van der Waals surface area contributed by atoms with Gasteiger partial charge in [0, 0.05) is 12.1 Å². The molecule has 1 aromatic carbocycles. The van der Waals surface area contributed by atoms with Gasteiger partial charge in [-0.3, -0.25) is 4.90 Å². The molecule has 1 unspecified atom stereocenters. The lowest BCUT2D eigenvalue weighted by atomic mass is 10.0. The Bertz CT molecular complexity index is 466. The molecule has 2 fully saturated rings. The summed E-state index contributed by atoms with van der Waals surface area (Å²) in [4.78, 5) is 13.7. The predicted molar refractivity (Wildman–Crippen MR) is 74.3 cm³/mol. The Kier molecular flexibility index (Phi) is 3.56. The zero-order chi connectivity index (χ0) is 13.2. The molecule has 1 aromatic rings. The maximum atomic E-state index is 11.1. The Hall–Kier alpha value is -1.35. The van der Waals surface area contributed by atoms with Crippen LogP contribution in [0, 0.1) is 0 Å². The van der Waals surface area contributed by atoms with Crippen LogP contribution in [0.5, 0.6) is 0 Å². The first-order valence-corrected chi connectivity index (χ1v) is 7.35. The Labute approximate surface area is 114 Å². The van der Waals surface area contributed by atoms with E-state index in [-0.39, 0.29) is 0 Å².